The molecule has 1 aromatic rings. The predicted octanol–water partition coefficient (Wildman–Crippen LogP) is 2.66. The molecule has 1 aromatic carbocycles. The molecule has 1 rings (SSSR count). The Morgan fingerprint density at radius 3 is 2.93 bits per heavy atom. The Kier molecular flexibility index (Phi) is 3.54. The summed E-state index contributed by atoms with van der Waals surface area (Å²) in [4.78, 5) is 10.2. The molecule has 0 bridgehead atoms. The molecule has 0 unspecified atom stereocenters. The number of carbonyl (C=O) groups is 1. The van der Waals surface area contributed by atoms with Gasteiger partial charge in [-0.2, -0.15) is 0 Å². The number of rotatable bonds is 3. The van der Waals surface area contributed by atoms with Crippen LogP contribution in [0.2, 0.25) is 5.02 Å². The number of carboxylic acids is 1. The van der Waals surface area contributed by atoms with Crippen molar-refractivity contribution >= 4 is 23.3 Å². The van der Waals surface area contributed by atoms with Crippen LogP contribution in [0.15, 0.2) is 30.5 Å². The van der Waals surface area contributed by atoms with Gasteiger partial charge in [-0.3, -0.25) is 0 Å². The maximum Gasteiger partial charge on any atom is 0.329 e. The molecule has 0 aliphatic rings. The summed E-state index contributed by atoms with van der Waals surface area (Å²) < 4.78 is 0. The lowest BCUT2D eigenvalue weighted by Gasteiger charge is -2.04. The van der Waals surface area contributed by atoms with Crippen molar-refractivity contribution in [1.29, 1.82) is 0 Å². The average molecular weight is 212 g/mol. The van der Waals surface area contributed by atoms with Gasteiger partial charge in [-0.15, -0.1) is 0 Å². The predicted molar refractivity (Wildman–Crippen MR) is 56.6 cm³/mol. The van der Waals surface area contributed by atoms with Gasteiger partial charge in [0.1, 0.15) is 0 Å². The number of nitrogens with one attached hydrogen (secondary N) is 1. The number of hydrogen-bond acceptors (Lipinski definition) is 2. The largest absolute Gasteiger partial charge is 0.478 e. The maximum absolute atomic E-state index is 10.2. The summed E-state index contributed by atoms with van der Waals surface area (Å²) in [6.07, 6.45) is 2.35. The molecule has 14 heavy (non-hydrogen) atoms. The second kappa shape index (κ2) is 4.67. The van der Waals surface area contributed by atoms with E-state index in [1.165, 1.54) is 6.20 Å². The lowest BCUT2D eigenvalue weighted by molar-refractivity contribution is -0.131. The standard InChI is InChI=1S/C10H10ClNO2/c1-7-2-3-8(11)9(6-7)12-5-4-10(13)14/h2-6,12H,1H3,(H,13,14)/b5-4+. The van der Waals surface area contributed by atoms with Crippen LogP contribution in [-0.4, -0.2) is 11.1 Å². The van der Waals surface area contributed by atoms with Gasteiger partial charge in [0.05, 0.1) is 10.7 Å². The monoisotopic (exact) mass is 211 g/mol. The van der Waals surface area contributed by atoms with Crippen LogP contribution in [-0.2, 0) is 4.79 Å². The molecule has 2 N–H and O–H groups in total. The van der Waals surface area contributed by atoms with E-state index in [9.17, 15) is 4.79 Å². The highest BCUT2D eigenvalue weighted by molar-refractivity contribution is 6.33. The first-order chi connectivity index (χ1) is 6.59. The summed E-state index contributed by atoms with van der Waals surface area (Å²) in [5.74, 6) is -0.999. The molecule has 0 saturated heterocycles. The number of aliphatic carboxylic acids is 1. The van der Waals surface area contributed by atoms with E-state index in [2.05, 4.69) is 5.32 Å². The van der Waals surface area contributed by atoms with Crippen LogP contribution in [0.3, 0.4) is 0 Å². The molecule has 0 saturated carbocycles. The van der Waals surface area contributed by atoms with E-state index in [1.54, 1.807) is 6.07 Å². The van der Waals surface area contributed by atoms with Crippen LogP contribution in [0.4, 0.5) is 5.69 Å². The molecule has 0 radical (unpaired) electrons. The highest BCUT2D eigenvalue weighted by atomic mass is 35.5. The number of halogens is 1. The molecule has 0 aliphatic heterocycles. The fourth-order valence-corrected chi connectivity index (χ4v) is 1.12. The summed E-state index contributed by atoms with van der Waals surface area (Å²) in [5.41, 5.74) is 1.75. The molecule has 0 amide bonds. The van der Waals surface area contributed by atoms with Crippen molar-refractivity contribution in [3.8, 4) is 0 Å². The van der Waals surface area contributed by atoms with Crippen LogP contribution in [0.1, 0.15) is 5.56 Å². The van der Waals surface area contributed by atoms with Gasteiger partial charge in [-0.1, -0.05) is 17.7 Å². The Balaban J connectivity index is 2.76. The van der Waals surface area contributed by atoms with E-state index in [0.29, 0.717) is 10.7 Å². The zero-order valence-corrected chi connectivity index (χ0v) is 8.38. The molecular formula is C10H10ClNO2. The lowest BCUT2D eigenvalue weighted by Crippen LogP contribution is -1.93. The number of aryl methyl sites for hydroxylation is 1. The molecule has 4 heteroatoms. The number of benzene rings is 1. The first-order valence-corrected chi connectivity index (χ1v) is 4.39. The smallest absolute Gasteiger partial charge is 0.329 e. The zero-order valence-electron chi connectivity index (χ0n) is 7.62. The third kappa shape index (κ3) is 3.11. The summed E-state index contributed by atoms with van der Waals surface area (Å²) >= 11 is 5.87. The van der Waals surface area contributed by atoms with E-state index >= 15 is 0 Å². The molecule has 3 nitrogen and oxygen atoms in total. The fraction of sp³-hybridized carbons (Fsp3) is 0.100. The Hall–Kier alpha value is -1.48. The number of hydrogen-bond donors (Lipinski definition) is 2. The molecule has 0 aliphatic carbocycles. The van der Waals surface area contributed by atoms with Crippen LogP contribution < -0.4 is 5.32 Å². The highest BCUT2D eigenvalue weighted by Gasteiger charge is 1.97. The first-order valence-electron chi connectivity index (χ1n) is 4.02. The molecule has 0 aromatic heterocycles. The molecule has 0 spiro atoms. The third-order valence-electron chi connectivity index (χ3n) is 1.59. The SMILES string of the molecule is Cc1ccc(Cl)c(N/C=C/C(=O)O)c1. The first kappa shape index (κ1) is 10.6. The molecular weight excluding hydrogens is 202 g/mol. The molecule has 0 atom stereocenters. The molecule has 0 heterocycles. The van der Waals surface area contributed by atoms with Crippen molar-refractivity contribution < 1.29 is 9.90 Å². The van der Waals surface area contributed by atoms with Crippen molar-refractivity contribution in [3.63, 3.8) is 0 Å². The van der Waals surface area contributed by atoms with Crippen LogP contribution >= 0.6 is 11.6 Å². The van der Waals surface area contributed by atoms with Gasteiger partial charge in [-0.25, -0.2) is 4.79 Å². The highest BCUT2D eigenvalue weighted by Crippen LogP contribution is 2.22. The second-order valence-electron chi connectivity index (χ2n) is 2.80. The van der Waals surface area contributed by atoms with Crippen molar-refractivity contribution in [2.75, 3.05) is 5.32 Å². The Morgan fingerprint density at radius 1 is 1.57 bits per heavy atom. The van der Waals surface area contributed by atoms with E-state index in [4.69, 9.17) is 16.7 Å². The number of carboxylic acid groups (broad SMARTS) is 1. The Bertz CT molecular complexity index is 374. The van der Waals surface area contributed by atoms with E-state index in [-0.39, 0.29) is 0 Å². The topological polar surface area (TPSA) is 49.3 Å². The minimum Gasteiger partial charge on any atom is -0.478 e. The third-order valence-corrected chi connectivity index (χ3v) is 1.92. The van der Waals surface area contributed by atoms with Crippen molar-refractivity contribution in [2.24, 2.45) is 0 Å². The van der Waals surface area contributed by atoms with Gasteiger partial charge in [0.15, 0.2) is 0 Å². The van der Waals surface area contributed by atoms with Crippen LogP contribution in [0, 0.1) is 6.92 Å². The molecule has 0 fully saturated rings. The van der Waals surface area contributed by atoms with Gasteiger partial charge < -0.3 is 10.4 Å². The van der Waals surface area contributed by atoms with E-state index in [0.717, 1.165) is 11.6 Å². The average Bonchev–Trinajstić information content (AvgIpc) is 2.10. The van der Waals surface area contributed by atoms with E-state index in [1.807, 2.05) is 19.1 Å². The quantitative estimate of drug-likeness (QED) is 0.756. The van der Waals surface area contributed by atoms with Gasteiger partial charge >= 0.3 is 5.97 Å². The minimum absolute atomic E-state index is 0.561. The fourth-order valence-electron chi connectivity index (χ4n) is 0.952. The Morgan fingerprint density at radius 2 is 2.29 bits per heavy atom. The van der Waals surface area contributed by atoms with Gasteiger partial charge in [-0.05, 0) is 24.6 Å². The summed E-state index contributed by atoms with van der Waals surface area (Å²) in [6.45, 7) is 1.93. The summed E-state index contributed by atoms with van der Waals surface area (Å²) in [6, 6.07) is 5.48. The summed E-state index contributed by atoms with van der Waals surface area (Å²) in [7, 11) is 0. The summed E-state index contributed by atoms with van der Waals surface area (Å²) in [5, 5.41) is 11.7. The van der Waals surface area contributed by atoms with Crippen molar-refractivity contribution in [1.82, 2.24) is 0 Å². The van der Waals surface area contributed by atoms with Crippen LogP contribution in [0.5, 0.6) is 0 Å². The van der Waals surface area contributed by atoms with Gasteiger partial charge in [0, 0.05) is 12.3 Å². The molecule has 74 valence electrons. The normalized spacial score (nSPS) is 10.4. The minimum atomic E-state index is -0.999. The van der Waals surface area contributed by atoms with Crippen molar-refractivity contribution in [3.05, 3.63) is 41.1 Å². The maximum atomic E-state index is 10.2. The second-order valence-corrected chi connectivity index (χ2v) is 3.21. The van der Waals surface area contributed by atoms with Crippen molar-refractivity contribution in [2.45, 2.75) is 6.92 Å². The van der Waals surface area contributed by atoms with Gasteiger partial charge in [0.2, 0.25) is 0 Å². The van der Waals surface area contributed by atoms with Gasteiger partial charge in [0.25, 0.3) is 0 Å². The number of anilines is 1. The van der Waals surface area contributed by atoms with E-state index < -0.39 is 5.97 Å². The Labute approximate surface area is 87.0 Å². The van der Waals surface area contributed by atoms with Crippen LogP contribution in [0.25, 0.3) is 0 Å². The zero-order chi connectivity index (χ0) is 10.6. The lowest BCUT2D eigenvalue weighted by atomic mass is 10.2.